The highest BCUT2D eigenvalue weighted by atomic mass is 32.1. The number of likely N-dealkylation sites (tertiary alicyclic amines) is 1. The smallest absolute Gasteiger partial charge is 0.0328 e. The average Bonchev–Trinajstić information content (AvgIpc) is 2.95. The maximum atomic E-state index is 3.22. The van der Waals surface area contributed by atoms with E-state index < -0.39 is 0 Å². The fourth-order valence-corrected chi connectivity index (χ4v) is 4.53. The molecule has 1 aliphatic heterocycles. The molecule has 3 rings (SSSR count). The Kier molecular flexibility index (Phi) is 3.50. The summed E-state index contributed by atoms with van der Waals surface area (Å²) in [7, 11) is 2.01. The molecule has 2 aliphatic rings. The Labute approximate surface area is 108 Å². The van der Waals surface area contributed by atoms with Crippen molar-refractivity contribution in [2.24, 2.45) is 11.8 Å². The van der Waals surface area contributed by atoms with Crippen molar-refractivity contribution in [2.45, 2.75) is 32.4 Å². The zero-order valence-corrected chi connectivity index (χ0v) is 11.4. The molecule has 1 N–H and O–H groups in total. The second-order valence-corrected chi connectivity index (χ2v) is 6.80. The SMILES string of the molecule is CNCc1ccc(CN2CC3CCCC3C2)s1. The van der Waals surface area contributed by atoms with Gasteiger partial charge in [0.2, 0.25) is 0 Å². The van der Waals surface area contributed by atoms with E-state index >= 15 is 0 Å². The second-order valence-electron chi connectivity index (χ2n) is 5.54. The summed E-state index contributed by atoms with van der Waals surface area (Å²) in [5, 5.41) is 3.22. The van der Waals surface area contributed by atoms with Crippen LogP contribution in [-0.2, 0) is 13.1 Å². The minimum Gasteiger partial charge on any atom is -0.315 e. The van der Waals surface area contributed by atoms with Crippen LogP contribution in [0.15, 0.2) is 12.1 Å². The third kappa shape index (κ3) is 2.56. The van der Waals surface area contributed by atoms with Crippen molar-refractivity contribution in [3.05, 3.63) is 21.9 Å². The van der Waals surface area contributed by atoms with Crippen molar-refractivity contribution in [3.63, 3.8) is 0 Å². The van der Waals surface area contributed by atoms with Crippen molar-refractivity contribution in [1.29, 1.82) is 0 Å². The molecule has 3 heteroatoms. The van der Waals surface area contributed by atoms with Crippen molar-refractivity contribution < 1.29 is 0 Å². The van der Waals surface area contributed by atoms with Gasteiger partial charge in [0, 0.05) is 35.9 Å². The molecule has 1 saturated carbocycles. The standard InChI is InChI=1S/C14H22N2S/c1-15-7-13-5-6-14(17-13)10-16-8-11-3-2-4-12(11)9-16/h5-6,11-12,15H,2-4,7-10H2,1H3. The minimum atomic E-state index is 1.01. The Balaban J connectivity index is 1.56. The summed E-state index contributed by atoms with van der Waals surface area (Å²) in [5.41, 5.74) is 0. The minimum absolute atomic E-state index is 1.01. The molecule has 2 atom stereocenters. The van der Waals surface area contributed by atoms with E-state index in [0.717, 1.165) is 18.4 Å². The van der Waals surface area contributed by atoms with Crippen LogP contribution in [0, 0.1) is 11.8 Å². The van der Waals surface area contributed by atoms with Crippen LogP contribution in [0.2, 0.25) is 0 Å². The molecule has 2 fully saturated rings. The molecule has 0 radical (unpaired) electrons. The van der Waals surface area contributed by atoms with Gasteiger partial charge in [-0.15, -0.1) is 11.3 Å². The van der Waals surface area contributed by atoms with E-state index in [1.54, 1.807) is 0 Å². The quantitative estimate of drug-likeness (QED) is 0.884. The average molecular weight is 250 g/mol. The summed E-state index contributed by atoms with van der Waals surface area (Å²) in [5.74, 6) is 2.04. The number of thiophene rings is 1. The van der Waals surface area contributed by atoms with E-state index in [9.17, 15) is 0 Å². The Bertz CT molecular complexity index is 362. The first-order chi connectivity index (χ1) is 8.35. The molecule has 1 saturated heterocycles. The molecule has 1 aromatic rings. The first-order valence-corrected chi connectivity index (χ1v) is 7.61. The van der Waals surface area contributed by atoms with Crippen molar-refractivity contribution in [2.75, 3.05) is 20.1 Å². The molecule has 94 valence electrons. The number of rotatable bonds is 4. The van der Waals surface area contributed by atoms with Crippen LogP contribution in [0.1, 0.15) is 29.0 Å². The summed E-state index contributed by atoms with van der Waals surface area (Å²) >= 11 is 1.97. The number of hydrogen-bond donors (Lipinski definition) is 1. The summed E-state index contributed by atoms with van der Waals surface area (Å²) in [6.07, 6.45) is 4.45. The summed E-state index contributed by atoms with van der Waals surface area (Å²) < 4.78 is 0. The lowest BCUT2D eigenvalue weighted by molar-refractivity contribution is 0.306. The lowest BCUT2D eigenvalue weighted by Gasteiger charge is -2.15. The number of nitrogens with zero attached hydrogens (tertiary/aromatic N) is 1. The Morgan fingerprint density at radius 3 is 2.65 bits per heavy atom. The first-order valence-electron chi connectivity index (χ1n) is 6.79. The van der Waals surface area contributed by atoms with E-state index in [0.29, 0.717) is 0 Å². The monoisotopic (exact) mass is 250 g/mol. The summed E-state index contributed by atoms with van der Waals surface area (Å²) in [4.78, 5) is 5.67. The van der Waals surface area contributed by atoms with Gasteiger partial charge in [-0.1, -0.05) is 6.42 Å². The van der Waals surface area contributed by atoms with Crippen LogP contribution in [-0.4, -0.2) is 25.0 Å². The number of hydrogen-bond acceptors (Lipinski definition) is 3. The van der Waals surface area contributed by atoms with Gasteiger partial charge in [0.1, 0.15) is 0 Å². The van der Waals surface area contributed by atoms with Gasteiger partial charge in [-0.25, -0.2) is 0 Å². The molecule has 0 amide bonds. The Morgan fingerprint density at radius 2 is 1.94 bits per heavy atom. The highest BCUT2D eigenvalue weighted by Crippen LogP contribution is 2.38. The van der Waals surface area contributed by atoms with Gasteiger partial charge >= 0.3 is 0 Å². The van der Waals surface area contributed by atoms with Crippen molar-refractivity contribution >= 4 is 11.3 Å². The topological polar surface area (TPSA) is 15.3 Å². The summed E-state index contributed by atoms with van der Waals surface area (Å²) in [6, 6.07) is 4.58. The van der Waals surface area contributed by atoms with Crippen LogP contribution in [0.4, 0.5) is 0 Å². The van der Waals surface area contributed by atoms with Crippen LogP contribution in [0.5, 0.6) is 0 Å². The lowest BCUT2D eigenvalue weighted by atomic mass is 10.0. The highest BCUT2D eigenvalue weighted by molar-refractivity contribution is 7.11. The molecule has 17 heavy (non-hydrogen) atoms. The predicted molar refractivity (Wildman–Crippen MR) is 73.2 cm³/mol. The third-order valence-corrected chi connectivity index (χ3v) is 5.32. The van der Waals surface area contributed by atoms with Crippen LogP contribution >= 0.6 is 11.3 Å². The van der Waals surface area contributed by atoms with Crippen molar-refractivity contribution in [1.82, 2.24) is 10.2 Å². The first kappa shape index (κ1) is 11.7. The Hall–Kier alpha value is -0.380. The zero-order chi connectivity index (χ0) is 11.7. The van der Waals surface area contributed by atoms with Gasteiger partial charge in [0.25, 0.3) is 0 Å². The zero-order valence-electron chi connectivity index (χ0n) is 10.6. The van der Waals surface area contributed by atoms with E-state index in [4.69, 9.17) is 0 Å². The van der Waals surface area contributed by atoms with Crippen LogP contribution < -0.4 is 5.32 Å². The molecular formula is C14H22N2S. The normalized spacial score (nSPS) is 28.8. The molecule has 0 bridgehead atoms. The molecule has 0 aromatic carbocycles. The maximum Gasteiger partial charge on any atom is 0.0328 e. The molecule has 1 aliphatic carbocycles. The van der Waals surface area contributed by atoms with Gasteiger partial charge < -0.3 is 5.32 Å². The van der Waals surface area contributed by atoms with Crippen LogP contribution in [0.3, 0.4) is 0 Å². The number of nitrogens with one attached hydrogen (secondary N) is 1. The fourth-order valence-electron chi connectivity index (χ4n) is 3.46. The van der Waals surface area contributed by atoms with Gasteiger partial charge in [-0.3, -0.25) is 4.90 Å². The van der Waals surface area contributed by atoms with Crippen LogP contribution in [0.25, 0.3) is 0 Å². The fraction of sp³-hybridized carbons (Fsp3) is 0.714. The maximum absolute atomic E-state index is 3.22. The van der Waals surface area contributed by atoms with E-state index in [1.165, 1.54) is 48.7 Å². The van der Waals surface area contributed by atoms with Crippen molar-refractivity contribution in [3.8, 4) is 0 Å². The lowest BCUT2D eigenvalue weighted by Crippen LogP contribution is -2.20. The van der Waals surface area contributed by atoms with Gasteiger partial charge in [0.15, 0.2) is 0 Å². The largest absolute Gasteiger partial charge is 0.315 e. The molecule has 0 spiro atoms. The van der Waals surface area contributed by atoms with E-state index in [-0.39, 0.29) is 0 Å². The second kappa shape index (κ2) is 5.09. The molecule has 1 aromatic heterocycles. The third-order valence-electron chi connectivity index (χ3n) is 4.25. The number of fused-ring (bicyclic) bond motifs is 1. The predicted octanol–water partition coefficient (Wildman–Crippen LogP) is 2.70. The van der Waals surface area contributed by atoms with Gasteiger partial charge in [0.05, 0.1) is 0 Å². The molecule has 2 unspecified atom stereocenters. The molecular weight excluding hydrogens is 228 g/mol. The van der Waals surface area contributed by atoms with E-state index in [1.807, 2.05) is 18.4 Å². The van der Waals surface area contributed by atoms with Gasteiger partial charge in [-0.2, -0.15) is 0 Å². The summed E-state index contributed by atoms with van der Waals surface area (Å²) in [6.45, 7) is 4.89. The Morgan fingerprint density at radius 1 is 1.24 bits per heavy atom. The molecule has 2 heterocycles. The molecule has 2 nitrogen and oxygen atoms in total. The highest BCUT2D eigenvalue weighted by Gasteiger charge is 2.35. The van der Waals surface area contributed by atoms with E-state index in [2.05, 4.69) is 22.3 Å². The van der Waals surface area contributed by atoms with Gasteiger partial charge in [-0.05, 0) is 43.9 Å².